The molecule has 0 spiro atoms. The summed E-state index contributed by atoms with van der Waals surface area (Å²) >= 11 is 6.09. The first-order chi connectivity index (χ1) is 12.4. The largest absolute Gasteiger partial charge is 0.312 e. The molecule has 0 bridgehead atoms. The van der Waals surface area contributed by atoms with Crippen molar-refractivity contribution in [2.24, 2.45) is 0 Å². The normalized spacial score (nSPS) is 15.7. The number of fused-ring (bicyclic) bond motifs is 1. The summed E-state index contributed by atoms with van der Waals surface area (Å²) in [5, 5.41) is 0.574. The van der Waals surface area contributed by atoms with E-state index >= 15 is 0 Å². The fraction of sp³-hybridized carbons (Fsp3) is 0.333. The second-order valence-corrected chi connectivity index (χ2v) is 7.23. The fourth-order valence-corrected chi connectivity index (χ4v) is 3.76. The van der Waals surface area contributed by atoms with Gasteiger partial charge in [-0.25, -0.2) is 0 Å². The van der Waals surface area contributed by atoms with E-state index in [9.17, 15) is 9.59 Å². The van der Waals surface area contributed by atoms with Crippen molar-refractivity contribution in [1.29, 1.82) is 0 Å². The van der Waals surface area contributed by atoms with Crippen molar-refractivity contribution in [2.75, 3.05) is 16.3 Å². The van der Waals surface area contributed by atoms with Crippen LogP contribution in [0, 0.1) is 6.92 Å². The SMILES string of the molecule is CC(=O)N(CCC(=O)N1c2ccccc2CC1C)c1cc(Cl)ccc1C. The number of rotatable bonds is 4. The van der Waals surface area contributed by atoms with E-state index in [0.717, 1.165) is 23.4 Å². The van der Waals surface area contributed by atoms with Gasteiger partial charge in [-0.1, -0.05) is 35.9 Å². The van der Waals surface area contributed by atoms with Crippen LogP contribution in [0.3, 0.4) is 0 Å². The standard InChI is InChI=1S/C21H23ClN2O2/c1-14-8-9-18(22)13-20(14)23(16(3)25)11-10-21(26)24-15(2)12-17-6-4-5-7-19(17)24/h4-9,13,15H,10-12H2,1-3H3. The summed E-state index contributed by atoms with van der Waals surface area (Å²) in [6.45, 7) is 5.84. The molecule has 1 aliphatic rings. The molecule has 0 saturated heterocycles. The number of carbonyl (C=O) groups excluding carboxylic acids is 2. The monoisotopic (exact) mass is 370 g/mol. The maximum Gasteiger partial charge on any atom is 0.229 e. The van der Waals surface area contributed by atoms with Gasteiger partial charge in [0.05, 0.1) is 0 Å². The number of hydrogen-bond acceptors (Lipinski definition) is 2. The molecular weight excluding hydrogens is 348 g/mol. The highest BCUT2D eigenvalue weighted by Gasteiger charge is 2.30. The van der Waals surface area contributed by atoms with Crippen LogP contribution in [0.15, 0.2) is 42.5 Å². The summed E-state index contributed by atoms with van der Waals surface area (Å²) in [6, 6.07) is 13.6. The van der Waals surface area contributed by atoms with Crippen LogP contribution in [0.4, 0.5) is 11.4 Å². The van der Waals surface area contributed by atoms with Crippen molar-refractivity contribution in [2.45, 2.75) is 39.7 Å². The zero-order valence-corrected chi connectivity index (χ0v) is 16.1. The molecule has 2 aromatic rings. The van der Waals surface area contributed by atoms with Crippen LogP contribution >= 0.6 is 11.6 Å². The molecule has 2 amide bonds. The van der Waals surface area contributed by atoms with Crippen LogP contribution in [0.25, 0.3) is 0 Å². The summed E-state index contributed by atoms with van der Waals surface area (Å²) < 4.78 is 0. The molecule has 1 unspecified atom stereocenters. The van der Waals surface area contributed by atoms with Gasteiger partial charge in [-0.2, -0.15) is 0 Å². The summed E-state index contributed by atoms with van der Waals surface area (Å²) in [4.78, 5) is 28.5. The van der Waals surface area contributed by atoms with Gasteiger partial charge in [0.1, 0.15) is 0 Å². The predicted octanol–water partition coefficient (Wildman–Crippen LogP) is 4.37. The second kappa shape index (κ2) is 7.50. The number of benzene rings is 2. The van der Waals surface area contributed by atoms with Crippen LogP contribution in [0.5, 0.6) is 0 Å². The molecule has 1 aliphatic heterocycles. The molecule has 2 aromatic carbocycles. The first-order valence-corrected chi connectivity index (χ1v) is 9.20. The van der Waals surface area contributed by atoms with Gasteiger partial charge >= 0.3 is 0 Å². The van der Waals surface area contributed by atoms with Crippen molar-refractivity contribution in [3.63, 3.8) is 0 Å². The van der Waals surface area contributed by atoms with Crippen molar-refractivity contribution < 1.29 is 9.59 Å². The van der Waals surface area contributed by atoms with Gasteiger partial charge in [0.15, 0.2) is 0 Å². The maximum atomic E-state index is 12.9. The second-order valence-electron chi connectivity index (χ2n) is 6.80. The number of anilines is 2. The lowest BCUT2D eigenvalue weighted by Crippen LogP contribution is -2.39. The van der Waals surface area contributed by atoms with Crippen LogP contribution < -0.4 is 9.80 Å². The molecule has 0 aromatic heterocycles. The average Bonchev–Trinajstić information content (AvgIpc) is 2.93. The van der Waals surface area contributed by atoms with E-state index in [1.807, 2.05) is 36.1 Å². The first kappa shape index (κ1) is 18.5. The van der Waals surface area contributed by atoms with E-state index in [1.54, 1.807) is 17.0 Å². The number of halogens is 1. The average molecular weight is 371 g/mol. The molecule has 0 aliphatic carbocycles. The molecule has 4 nitrogen and oxygen atoms in total. The lowest BCUT2D eigenvalue weighted by molar-refractivity contribution is -0.119. The Kier molecular flexibility index (Phi) is 5.33. The number of carbonyl (C=O) groups is 2. The van der Waals surface area contributed by atoms with Gasteiger partial charge in [-0.05, 0) is 49.6 Å². The smallest absolute Gasteiger partial charge is 0.229 e. The van der Waals surface area contributed by atoms with Crippen LogP contribution in [0.1, 0.15) is 31.4 Å². The highest BCUT2D eigenvalue weighted by molar-refractivity contribution is 6.31. The van der Waals surface area contributed by atoms with Gasteiger partial charge in [0, 0.05) is 42.3 Å². The molecule has 3 rings (SSSR count). The molecule has 26 heavy (non-hydrogen) atoms. The number of aryl methyl sites for hydroxylation is 1. The molecule has 5 heteroatoms. The Morgan fingerprint density at radius 2 is 1.96 bits per heavy atom. The number of amides is 2. The van der Waals surface area contributed by atoms with E-state index in [4.69, 9.17) is 11.6 Å². The summed E-state index contributed by atoms with van der Waals surface area (Å²) in [5.74, 6) is -0.0635. The number of nitrogens with zero attached hydrogens (tertiary/aromatic N) is 2. The third kappa shape index (κ3) is 3.61. The van der Waals surface area contributed by atoms with Gasteiger partial charge in [0.2, 0.25) is 11.8 Å². The van der Waals surface area contributed by atoms with Crippen LogP contribution in [0.2, 0.25) is 5.02 Å². The molecule has 136 valence electrons. The van der Waals surface area contributed by atoms with E-state index in [-0.39, 0.29) is 24.3 Å². The topological polar surface area (TPSA) is 40.6 Å². The zero-order chi connectivity index (χ0) is 18.8. The summed E-state index contributed by atoms with van der Waals surface area (Å²) in [7, 11) is 0. The Balaban J connectivity index is 1.77. The van der Waals surface area contributed by atoms with Crippen molar-refractivity contribution in [1.82, 2.24) is 0 Å². The molecule has 0 radical (unpaired) electrons. The highest BCUT2D eigenvalue weighted by Crippen LogP contribution is 2.32. The quantitative estimate of drug-likeness (QED) is 0.801. The summed E-state index contributed by atoms with van der Waals surface area (Å²) in [5.41, 5.74) is 3.89. The minimum Gasteiger partial charge on any atom is -0.312 e. The van der Waals surface area contributed by atoms with E-state index in [2.05, 4.69) is 13.0 Å². The van der Waals surface area contributed by atoms with Crippen molar-refractivity contribution in [3.8, 4) is 0 Å². The Morgan fingerprint density at radius 1 is 1.23 bits per heavy atom. The van der Waals surface area contributed by atoms with Gasteiger partial charge in [0.25, 0.3) is 0 Å². The molecule has 0 saturated carbocycles. The number of hydrogen-bond donors (Lipinski definition) is 0. The van der Waals surface area contributed by atoms with Crippen molar-refractivity contribution >= 4 is 34.8 Å². The minimum absolute atomic E-state index is 0.0355. The molecule has 0 N–H and O–H groups in total. The maximum absolute atomic E-state index is 12.9. The van der Waals surface area contributed by atoms with Gasteiger partial charge in [-0.3, -0.25) is 9.59 Å². The van der Waals surface area contributed by atoms with E-state index in [1.165, 1.54) is 12.5 Å². The molecule has 1 heterocycles. The van der Waals surface area contributed by atoms with Crippen LogP contribution in [-0.4, -0.2) is 24.4 Å². The lowest BCUT2D eigenvalue weighted by Gasteiger charge is -2.26. The molecule has 0 fully saturated rings. The minimum atomic E-state index is -0.0990. The van der Waals surface area contributed by atoms with Crippen molar-refractivity contribution in [3.05, 3.63) is 58.6 Å². The Hall–Kier alpha value is -2.33. The fourth-order valence-electron chi connectivity index (χ4n) is 3.59. The first-order valence-electron chi connectivity index (χ1n) is 8.82. The number of para-hydroxylation sites is 1. The Labute approximate surface area is 159 Å². The highest BCUT2D eigenvalue weighted by atomic mass is 35.5. The van der Waals surface area contributed by atoms with E-state index in [0.29, 0.717) is 11.6 Å². The van der Waals surface area contributed by atoms with Gasteiger partial charge in [-0.15, -0.1) is 0 Å². The van der Waals surface area contributed by atoms with Crippen LogP contribution in [-0.2, 0) is 16.0 Å². The predicted molar refractivity (Wildman–Crippen MR) is 106 cm³/mol. The Morgan fingerprint density at radius 3 is 2.69 bits per heavy atom. The summed E-state index contributed by atoms with van der Waals surface area (Å²) in [6.07, 6.45) is 1.13. The lowest BCUT2D eigenvalue weighted by atomic mass is 10.1. The molecular formula is C21H23ClN2O2. The van der Waals surface area contributed by atoms with E-state index < -0.39 is 0 Å². The Bertz CT molecular complexity index is 850. The van der Waals surface area contributed by atoms with Gasteiger partial charge < -0.3 is 9.80 Å². The third-order valence-corrected chi connectivity index (χ3v) is 5.10. The molecule has 1 atom stereocenters. The third-order valence-electron chi connectivity index (χ3n) is 4.87. The zero-order valence-electron chi connectivity index (χ0n) is 15.3.